The molecule has 0 saturated carbocycles. The zero-order valence-electron chi connectivity index (χ0n) is 8.01. The maximum absolute atomic E-state index is 5.22. The molecule has 0 aromatic carbocycles. The third kappa shape index (κ3) is 3.89. The van der Waals surface area contributed by atoms with Crippen LogP contribution in [0.2, 0.25) is 0 Å². The van der Waals surface area contributed by atoms with Crippen LogP contribution in [0, 0.1) is 0 Å². The molecule has 1 heterocycles. The van der Waals surface area contributed by atoms with Gasteiger partial charge in [0.2, 0.25) is 0 Å². The van der Waals surface area contributed by atoms with Crippen LogP contribution < -0.4 is 10.6 Å². The van der Waals surface area contributed by atoms with Crippen LogP contribution in [0.1, 0.15) is 0 Å². The monoisotopic (exact) mass is 203 g/mol. The molecule has 0 spiro atoms. The summed E-state index contributed by atoms with van der Waals surface area (Å²) in [5, 5.41) is 7.29. The normalized spacial score (nSPS) is 17.2. The van der Waals surface area contributed by atoms with Gasteiger partial charge in [-0.15, -0.1) is 0 Å². The highest BCUT2D eigenvalue weighted by atomic mass is 32.1. The van der Waals surface area contributed by atoms with Crippen LogP contribution in [0.5, 0.6) is 0 Å². The fraction of sp³-hybridized carbons (Fsp3) is 0.875. The molecular formula is C8H17N3OS. The van der Waals surface area contributed by atoms with Crippen molar-refractivity contribution in [3.05, 3.63) is 0 Å². The first kappa shape index (κ1) is 10.7. The summed E-state index contributed by atoms with van der Waals surface area (Å²) in [6.07, 6.45) is 0. The van der Waals surface area contributed by atoms with Crippen molar-refractivity contribution in [2.45, 2.75) is 0 Å². The summed E-state index contributed by atoms with van der Waals surface area (Å²) in [6.45, 7) is 5.53. The largest absolute Gasteiger partial charge is 0.383 e. The zero-order valence-corrected chi connectivity index (χ0v) is 8.82. The van der Waals surface area contributed by atoms with Crippen molar-refractivity contribution in [1.29, 1.82) is 0 Å². The molecule has 0 radical (unpaired) electrons. The van der Waals surface area contributed by atoms with Gasteiger partial charge < -0.3 is 20.3 Å². The summed E-state index contributed by atoms with van der Waals surface area (Å²) in [4.78, 5) is 2.18. The minimum Gasteiger partial charge on any atom is -0.383 e. The lowest BCUT2D eigenvalue weighted by molar-refractivity contribution is 0.202. The summed E-state index contributed by atoms with van der Waals surface area (Å²) in [6, 6.07) is 0. The molecular weight excluding hydrogens is 186 g/mol. The van der Waals surface area contributed by atoms with Gasteiger partial charge in [-0.05, 0) is 12.2 Å². The van der Waals surface area contributed by atoms with Gasteiger partial charge in [-0.25, -0.2) is 0 Å². The standard InChI is InChI=1S/C8H17N3OS/c1-12-7-4-10-8(13)11-5-2-9-3-6-11/h9H,2-7H2,1H3,(H,10,13). The van der Waals surface area contributed by atoms with Gasteiger partial charge in [0, 0.05) is 39.8 Å². The maximum Gasteiger partial charge on any atom is 0.169 e. The second kappa shape index (κ2) is 6.12. The summed E-state index contributed by atoms with van der Waals surface area (Å²) < 4.78 is 4.93. The molecule has 0 unspecified atom stereocenters. The van der Waals surface area contributed by atoms with E-state index in [4.69, 9.17) is 17.0 Å². The Bertz CT molecular complexity index is 159. The average molecular weight is 203 g/mol. The van der Waals surface area contributed by atoms with Crippen LogP contribution in [0.15, 0.2) is 0 Å². The van der Waals surface area contributed by atoms with E-state index in [9.17, 15) is 0 Å². The number of piperazine rings is 1. The van der Waals surface area contributed by atoms with E-state index in [2.05, 4.69) is 15.5 Å². The fourth-order valence-electron chi connectivity index (χ4n) is 1.24. The Kier molecular flexibility index (Phi) is 5.03. The smallest absolute Gasteiger partial charge is 0.169 e. The lowest BCUT2D eigenvalue weighted by Gasteiger charge is -2.29. The van der Waals surface area contributed by atoms with E-state index in [1.54, 1.807) is 7.11 Å². The molecule has 2 N–H and O–H groups in total. The van der Waals surface area contributed by atoms with Gasteiger partial charge >= 0.3 is 0 Å². The number of hydrogen-bond donors (Lipinski definition) is 2. The SMILES string of the molecule is COCCNC(=S)N1CCNCC1. The Hall–Kier alpha value is -0.390. The first-order chi connectivity index (χ1) is 6.34. The van der Waals surface area contributed by atoms with E-state index in [-0.39, 0.29) is 0 Å². The van der Waals surface area contributed by atoms with Crippen LogP contribution in [-0.2, 0) is 4.74 Å². The highest BCUT2D eigenvalue weighted by Crippen LogP contribution is 1.92. The Labute approximate surface area is 84.6 Å². The molecule has 1 rings (SSSR count). The first-order valence-corrected chi connectivity index (χ1v) is 4.98. The van der Waals surface area contributed by atoms with Crippen LogP contribution >= 0.6 is 12.2 Å². The summed E-state index contributed by atoms with van der Waals surface area (Å²) in [7, 11) is 1.69. The van der Waals surface area contributed by atoms with Gasteiger partial charge in [0.05, 0.1) is 6.61 Å². The quantitative estimate of drug-likeness (QED) is 0.474. The van der Waals surface area contributed by atoms with Crippen LogP contribution in [0.4, 0.5) is 0 Å². The second-order valence-corrected chi connectivity index (χ2v) is 3.35. The number of thiocarbonyl (C=S) groups is 1. The van der Waals surface area contributed by atoms with Crippen molar-refractivity contribution < 1.29 is 4.74 Å². The van der Waals surface area contributed by atoms with Crippen molar-refractivity contribution in [2.75, 3.05) is 46.4 Å². The van der Waals surface area contributed by atoms with Gasteiger partial charge in [0.1, 0.15) is 0 Å². The minimum atomic E-state index is 0.701. The highest BCUT2D eigenvalue weighted by Gasteiger charge is 2.11. The fourth-order valence-corrected chi connectivity index (χ4v) is 1.52. The molecule has 13 heavy (non-hydrogen) atoms. The Balaban J connectivity index is 2.13. The minimum absolute atomic E-state index is 0.701. The van der Waals surface area contributed by atoms with Crippen molar-refractivity contribution in [3.8, 4) is 0 Å². The highest BCUT2D eigenvalue weighted by molar-refractivity contribution is 7.80. The van der Waals surface area contributed by atoms with Crippen molar-refractivity contribution in [2.24, 2.45) is 0 Å². The lowest BCUT2D eigenvalue weighted by atomic mass is 10.4. The third-order valence-corrected chi connectivity index (χ3v) is 2.39. The topological polar surface area (TPSA) is 36.5 Å². The molecule has 0 aliphatic carbocycles. The van der Waals surface area contributed by atoms with E-state index in [0.29, 0.717) is 6.61 Å². The molecule has 0 aromatic heterocycles. The predicted octanol–water partition coefficient (Wildman–Crippen LogP) is -0.587. The second-order valence-electron chi connectivity index (χ2n) is 2.96. The first-order valence-electron chi connectivity index (χ1n) is 4.57. The van der Waals surface area contributed by atoms with Crippen molar-refractivity contribution in [1.82, 2.24) is 15.5 Å². The van der Waals surface area contributed by atoms with E-state index in [0.717, 1.165) is 37.8 Å². The lowest BCUT2D eigenvalue weighted by Crippen LogP contribution is -2.50. The molecule has 1 fully saturated rings. The molecule has 1 aliphatic rings. The molecule has 5 heteroatoms. The molecule has 0 atom stereocenters. The number of ether oxygens (including phenoxy) is 1. The number of methoxy groups -OCH3 is 1. The Morgan fingerprint density at radius 2 is 2.23 bits per heavy atom. The van der Waals surface area contributed by atoms with E-state index in [1.807, 2.05) is 0 Å². The summed E-state index contributed by atoms with van der Waals surface area (Å²) in [5.41, 5.74) is 0. The van der Waals surface area contributed by atoms with Crippen molar-refractivity contribution in [3.63, 3.8) is 0 Å². The maximum atomic E-state index is 5.22. The average Bonchev–Trinajstić information content (AvgIpc) is 2.19. The van der Waals surface area contributed by atoms with Crippen LogP contribution in [0.3, 0.4) is 0 Å². The molecule has 1 aliphatic heterocycles. The number of nitrogens with one attached hydrogen (secondary N) is 2. The van der Waals surface area contributed by atoms with Crippen LogP contribution in [0.25, 0.3) is 0 Å². The van der Waals surface area contributed by atoms with Gasteiger partial charge in [-0.3, -0.25) is 0 Å². The summed E-state index contributed by atoms with van der Waals surface area (Å²) in [5.74, 6) is 0. The number of hydrogen-bond acceptors (Lipinski definition) is 3. The van der Waals surface area contributed by atoms with E-state index in [1.165, 1.54) is 0 Å². The van der Waals surface area contributed by atoms with Crippen molar-refractivity contribution >= 4 is 17.3 Å². The molecule has 76 valence electrons. The molecule has 0 aromatic rings. The van der Waals surface area contributed by atoms with Gasteiger partial charge in [0.25, 0.3) is 0 Å². The molecule has 4 nitrogen and oxygen atoms in total. The van der Waals surface area contributed by atoms with Gasteiger partial charge in [0.15, 0.2) is 5.11 Å². The number of nitrogens with zero attached hydrogens (tertiary/aromatic N) is 1. The van der Waals surface area contributed by atoms with Gasteiger partial charge in [-0.1, -0.05) is 0 Å². The predicted molar refractivity (Wildman–Crippen MR) is 56.9 cm³/mol. The third-order valence-electron chi connectivity index (χ3n) is 1.99. The van der Waals surface area contributed by atoms with E-state index >= 15 is 0 Å². The molecule has 1 saturated heterocycles. The van der Waals surface area contributed by atoms with Crippen LogP contribution in [-0.4, -0.2) is 56.5 Å². The van der Waals surface area contributed by atoms with E-state index < -0.39 is 0 Å². The Morgan fingerprint density at radius 1 is 1.54 bits per heavy atom. The summed E-state index contributed by atoms with van der Waals surface area (Å²) >= 11 is 5.22. The Morgan fingerprint density at radius 3 is 2.85 bits per heavy atom. The number of rotatable bonds is 3. The zero-order chi connectivity index (χ0) is 9.52. The molecule has 0 bridgehead atoms. The molecule has 0 amide bonds. The van der Waals surface area contributed by atoms with Gasteiger partial charge in [-0.2, -0.15) is 0 Å².